The molecule has 27 heavy (non-hydrogen) atoms. The first-order valence-corrected chi connectivity index (χ1v) is 8.90. The lowest BCUT2D eigenvalue weighted by molar-refractivity contribution is -0.0514. The highest BCUT2D eigenvalue weighted by Gasteiger charge is 2.15. The Morgan fingerprint density at radius 2 is 2.07 bits per heavy atom. The average Bonchev–Trinajstić information content (AvgIpc) is 2.86. The first-order chi connectivity index (χ1) is 12.8. The van der Waals surface area contributed by atoms with Gasteiger partial charge in [-0.3, -0.25) is 9.48 Å². The Morgan fingerprint density at radius 1 is 1.33 bits per heavy atom. The van der Waals surface area contributed by atoms with Gasteiger partial charge in [0.15, 0.2) is 11.5 Å². The van der Waals surface area contributed by atoms with Crippen LogP contribution in [-0.2, 0) is 6.54 Å². The molecule has 148 valence electrons. The number of nitrogens with zero attached hydrogens (tertiary/aromatic N) is 2. The summed E-state index contributed by atoms with van der Waals surface area (Å²) in [5.41, 5.74) is 1.96. The number of amides is 1. The van der Waals surface area contributed by atoms with E-state index in [9.17, 15) is 13.6 Å². The molecule has 0 fully saturated rings. The largest absolute Gasteiger partial charge is 0.490 e. The van der Waals surface area contributed by atoms with Crippen molar-refractivity contribution in [1.29, 1.82) is 0 Å². The van der Waals surface area contributed by atoms with Gasteiger partial charge in [0.25, 0.3) is 5.91 Å². The second-order valence-corrected chi connectivity index (χ2v) is 6.17. The van der Waals surface area contributed by atoms with E-state index in [2.05, 4.69) is 15.2 Å². The third-order valence-corrected chi connectivity index (χ3v) is 4.39. The molecule has 0 saturated heterocycles. The summed E-state index contributed by atoms with van der Waals surface area (Å²) < 4.78 is 36.3. The van der Waals surface area contributed by atoms with Crippen LogP contribution in [0.4, 0.5) is 8.78 Å². The van der Waals surface area contributed by atoms with E-state index >= 15 is 0 Å². The number of carbonyl (C=O) groups is 1. The van der Waals surface area contributed by atoms with Gasteiger partial charge in [-0.25, -0.2) is 0 Å². The maximum Gasteiger partial charge on any atom is 0.387 e. The van der Waals surface area contributed by atoms with Crippen LogP contribution in [0.15, 0.2) is 18.2 Å². The van der Waals surface area contributed by atoms with E-state index < -0.39 is 6.61 Å². The summed E-state index contributed by atoms with van der Waals surface area (Å²) in [5.74, 6) is -0.335. The molecule has 1 aromatic carbocycles. The second-order valence-electron chi connectivity index (χ2n) is 5.79. The molecule has 0 bridgehead atoms. The molecule has 0 saturated carbocycles. The molecule has 1 heterocycles. The highest BCUT2D eigenvalue weighted by Crippen LogP contribution is 2.29. The highest BCUT2D eigenvalue weighted by atomic mass is 35.5. The van der Waals surface area contributed by atoms with E-state index in [1.165, 1.54) is 18.2 Å². The lowest BCUT2D eigenvalue weighted by Gasteiger charge is -2.13. The summed E-state index contributed by atoms with van der Waals surface area (Å²) in [4.78, 5) is 12.3. The van der Waals surface area contributed by atoms with E-state index in [-0.39, 0.29) is 24.0 Å². The fourth-order valence-electron chi connectivity index (χ4n) is 2.54. The topological polar surface area (TPSA) is 65.4 Å². The van der Waals surface area contributed by atoms with Gasteiger partial charge < -0.3 is 14.8 Å². The van der Waals surface area contributed by atoms with Crippen LogP contribution in [0.25, 0.3) is 0 Å². The van der Waals surface area contributed by atoms with E-state index in [0.29, 0.717) is 30.1 Å². The third-order valence-electron chi connectivity index (χ3n) is 3.85. The Bertz CT molecular complexity index is 796. The molecule has 0 aliphatic carbocycles. The van der Waals surface area contributed by atoms with Crippen molar-refractivity contribution in [3.05, 3.63) is 40.2 Å². The lowest BCUT2D eigenvalue weighted by atomic mass is 10.2. The van der Waals surface area contributed by atoms with Crippen LogP contribution >= 0.6 is 11.6 Å². The Morgan fingerprint density at radius 3 is 2.67 bits per heavy atom. The van der Waals surface area contributed by atoms with Crippen molar-refractivity contribution in [2.24, 2.45) is 0 Å². The molecule has 2 aromatic rings. The molecule has 9 heteroatoms. The number of aryl methyl sites for hydroxylation is 2. The molecule has 6 nitrogen and oxygen atoms in total. The summed E-state index contributed by atoms with van der Waals surface area (Å²) in [7, 11) is 0. The Balaban J connectivity index is 1.93. The van der Waals surface area contributed by atoms with E-state index in [1.807, 2.05) is 13.8 Å². The van der Waals surface area contributed by atoms with Crippen LogP contribution in [0.1, 0.15) is 35.1 Å². The normalized spacial score (nSPS) is 10.9. The van der Waals surface area contributed by atoms with Crippen molar-refractivity contribution < 1.29 is 23.0 Å². The number of hydrogen-bond donors (Lipinski definition) is 1. The number of benzene rings is 1. The number of rotatable bonds is 9. The molecule has 0 aliphatic heterocycles. The number of ether oxygens (including phenoxy) is 2. The molecule has 0 spiro atoms. The Kier molecular flexibility index (Phi) is 7.41. The minimum absolute atomic E-state index is 0.0998. The predicted molar refractivity (Wildman–Crippen MR) is 97.9 cm³/mol. The van der Waals surface area contributed by atoms with Crippen LogP contribution in [-0.4, -0.2) is 35.5 Å². The van der Waals surface area contributed by atoms with Gasteiger partial charge in [-0.2, -0.15) is 13.9 Å². The SMILES string of the molecule is CCOc1cc(C(=O)NCCCn2nc(C)c(Cl)c2C)ccc1OC(F)F. The Hall–Kier alpha value is -2.35. The summed E-state index contributed by atoms with van der Waals surface area (Å²) in [6.45, 7) is 3.77. The first-order valence-electron chi connectivity index (χ1n) is 8.52. The monoisotopic (exact) mass is 401 g/mol. The van der Waals surface area contributed by atoms with Crippen LogP contribution < -0.4 is 14.8 Å². The fourth-order valence-corrected chi connectivity index (χ4v) is 2.67. The zero-order valence-electron chi connectivity index (χ0n) is 15.4. The zero-order valence-corrected chi connectivity index (χ0v) is 16.1. The van der Waals surface area contributed by atoms with E-state index in [0.717, 1.165) is 11.4 Å². The summed E-state index contributed by atoms with van der Waals surface area (Å²) in [6, 6.07) is 4.09. The zero-order chi connectivity index (χ0) is 20.0. The van der Waals surface area contributed by atoms with Crippen molar-refractivity contribution >= 4 is 17.5 Å². The van der Waals surface area contributed by atoms with Gasteiger partial charge in [-0.05, 0) is 45.4 Å². The third kappa shape index (κ3) is 5.56. The molecule has 0 atom stereocenters. The summed E-state index contributed by atoms with van der Waals surface area (Å²) >= 11 is 6.10. The standard InChI is InChI=1S/C18H22ClF2N3O3/c1-4-26-15-10-13(6-7-14(15)27-18(20)21)17(25)22-8-5-9-24-12(3)16(19)11(2)23-24/h6-7,10,18H,4-5,8-9H2,1-3H3,(H,22,25). The van der Waals surface area contributed by atoms with Crippen LogP contribution in [0.3, 0.4) is 0 Å². The highest BCUT2D eigenvalue weighted by molar-refractivity contribution is 6.31. The van der Waals surface area contributed by atoms with E-state index in [4.69, 9.17) is 16.3 Å². The van der Waals surface area contributed by atoms with E-state index in [1.54, 1.807) is 11.6 Å². The maximum atomic E-state index is 12.4. The molecule has 0 aliphatic rings. The molecule has 1 N–H and O–H groups in total. The van der Waals surface area contributed by atoms with Crippen molar-refractivity contribution in [2.75, 3.05) is 13.2 Å². The van der Waals surface area contributed by atoms with Gasteiger partial charge >= 0.3 is 6.61 Å². The van der Waals surface area contributed by atoms with Gasteiger partial charge in [-0.1, -0.05) is 11.6 Å². The minimum Gasteiger partial charge on any atom is -0.490 e. The molecule has 0 unspecified atom stereocenters. The number of carbonyl (C=O) groups excluding carboxylic acids is 1. The van der Waals surface area contributed by atoms with Crippen molar-refractivity contribution in [2.45, 2.75) is 40.3 Å². The van der Waals surface area contributed by atoms with Crippen molar-refractivity contribution in [3.63, 3.8) is 0 Å². The van der Waals surface area contributed by atoms with Crippen LogP contribution in [0, 0.1) is 13.8 Å². The van der Waals surface area contributed by atoms with Gasteiger partial charge in [0, 0.05) is 18.7 Å². The minimum atomic E-state index is -2.97. The Labute approximate surface area is 161 Å². The molecule has 1 aromatic heterocycles. The van der Waals surface area contributed by atoms with Crippen molar-refractivity contribution in [3.8, 4) is 11.5 Å². The molecule has 0 radical (unpaired) electrons. The van der Waals surface area contributed by atoms with Gasteiger partial charge in [0.2, 0.25) is 0 Å². The van der Waals surface area contributed by atoms with Gasteiger partial charge in [0.1, 0.15) is 0 Å². The number of alkyl halides is 2. The molecule has 1 amide bonds. The first kappa shape index (κ1) is 21.0. The fraction of sp³-hybridized carbons (Fsp3) is 0.444. The summed E-state index contributed by atoms with van der Waals surface area (Å²) in [6.07, 6.45) is 0.662. The molecule has 2 rings (SSSR count). The maximum absolute atomic E-state index is 12.4. The number of aromatic nitrogens is 2. The van der Waals surface area contributed by atoms with Crippen LogP contribution in [0.2, 0.25) is 5.02 Å². The summed E-state index contributed by atoms with van der Waals surface area (Å²) in [5, 5.41) is 7.76. The molecular weight excluding hydrogens is 380 g/mol. The number of hydrogen-bond acceptors (Lipinski definition) is 4. The number of halogens is 3. The lowest BCUT2D eigenvalue weighted by Crippen LogP contribution is -2.25. The van der Waals surface area contributed by atoms with Crippen LogP contribution in [0.5, 0.6) is 11.5 Å². The van der Waals surface area contributed by atoms with Gasteiger partial charge in [0.05, 0.1) is 23.0 Å². The average molecular weight is 402 g/mol. The van der Waals surface area contributed by atoms with Crippen molar-refractivity contribution in [1.82, 2.24) is 15.1 Å². The molecular formula is C18H22ClF2N3O3. The second kappa shape index (κ2) is 9.55. The number of nitrogens with one attached hydrogen (secondary N) is 1. The smallest absolute Gasteiger partial charge is 0.387 e. The predicted octanol–water partition coefficient (Wildman–Crippen LogP) is 3.97. The quantitative estimate of drug-likeness (QED) is 0.645. The van der Waals surface area contributed by atoms with Gasteiger partial charge in [-0.15, -0.1) is 0 Å².